The molecule has 0 fully saturated rings. The van der Waals surface area contributed by atoms with Crippen LogP contribution in [-0.4, -0.2) is 30.1 Å². The molecule has 0 spiro atoms. The van der Waals surface area contributed by atoms with Gasteiger partial charge in [-0.15, -0.1) is 0 Å². The Morgan fingerprint density at radius 2 is 2.10 bits per heavy atom. The molecule has 0 heterocycles. The van der Waals surface area contributed by atoms with Gasteiger partial charge in [0.2, 0.25) is 0 Å². The molecule has 0 saturated carbocycles. The van der Waals surface area contributed by atoms with Crippen LogP contribution in [0.15, 0.2) is 28.7 Å². The third kappa shape index (κ3) is 5.61. The van der Waals surface area contributed by atoms with Crippen LogP contribution in [-0.2, 0) is 9.59 Å². The van der Waals surface area contributed by atoms with Crippen molar-refractivity contribution in [3.05, 3.63) is 28.7 Å². The number of benzene rings is 1. The third-order valence-electron chi connectivity index (χ3n) is 2.81. The van der Waals surface area contributed by atoms with Gasteiger partial charge in [-0.1, -0.05) is 35.8 Å². The van der Waals surface area contributed by atoms with Crippen molar-refractivity contribution in [3.63, 3.8) is 0 Å². The van der Waals surface area contributed by atoms with E-state index in [9.17, 15) is 9.59 Å². The number of hydrogen-bond donors (Lipinski definition) is 2. The lowest BCUT2D eigenvalue weighted by Gasteiger charge is -2.16. The van der Waals surface area contributed by atoms with E-state index in [1.165, 1.54) is 0 Å². The molecule has 1 amide bonds. The number of nitrogens with one attached hydrogen (secondary N) is 1. The lowest BCUT2D eigenvalue weighted by Crippen LogP contribution is -2.37. The molecule has 0 radical (unpaired) electrons. The van der Waals surface area contributed by atoms with E-state index in [1.807, 2.05) is 19.9 Å². The van der Waals surface area contributed by atoms with Gasteiger partial charge >= 0.3 is 5.97 Å². The van der Waals surface area contributed by atoms with Gasteiger partial charge in [0.25, 0.3) is 5.91 Å². The van der Waals surface area contributed by atoms with Crippen LogP contribution in [0.5, 0.6) is 5.75 Å². The van der Waals surface area contributed by atoms with Gasteiger partial charge in [-0.05, 0) is 24.1 Å². The smallest absolute Gasteiger partial charge is 0.308 e. The van der Waals surface area contributed by atoms with Crippen LogP contribution in [0, 0.1) is 11.8 Å². The largest absolute Gasteiger partial charge is 0.484 e. The number of carbonyl (C=O) groups excluding carboxylic acids is 1. The first kappa shape index (κ1) is 16.5. The molecule has 0 aliphatic carbocycles. The Morgan fingerprint density at radius 1 is 1.40 bits per heavy atom. The number of hydrogen-bond acceptors (Lipinski definition) is 3. The van der Waals surface area contributed by atoms with Crippen molar-refractivity contribution in [1.29, 1.82) is 0 Å². The Hall–Kier alpha value is -1.56. The molecule has 6 heteroatoms. The number of carboxylic acid groups (broad SMARTS) is 1. The molecule has 0 aromatic heterocycles. The molecule has 1 atom stereocenters. The maximum atomic E-state index is 11.6. The van der Waals surface area contributed by atoms with E-state index >= 15 is 0 Å². The zero-order valence-electron chi connectivity index (χ0n) is 11.4. The van der Waals surface area contributed by atoms with Crippen molar-refractivity contribution < 1.29 is 19.4 Å². The highest BCUT2D eigenvalue weighted by atomic mass is 79.9. The second kappa shape index (κ2) is 7.89. The van der Waals surface area contributed by atoms with Crippen LogP contribution in [0.1, 0.15) is 13.8 Å². The SMILES string of the molecule is CC(C)C(CNC(=O)COc1cccc(Br)c1)C(=O)O. The normalized spacial score (nSPS) is 12.0. The summed E-state index contributed by atoms with van der Waals surface area (Å²) in [5.41, 5.74) is 0. The lowest BCUT2D eigenvalue weighted by atomic mass is 9.96. The summed E-state index contributed by atoms with van der Waals surface area (Å²) in [6, 6.07) is 7.15. The van der Waals surface area contributed by atoms with Crippen molar-refractivity contribution in [2.45, 2.75) is 13.8 Å². The first-order valence-electron chi connectivity index (χ1n) is 6.28. The first-order valence-corrected chi connectivity index (χ1v) is 7.07. The van der Waals surface area contributed by atoms with Crippen molar-refractivity contribution >= 4 is 27.8 Å². The molecule has 5 nitrogen and oxygen atoms in total. The predicted octanol–water partition coefficient (Wildman–Crippen LogP) is 2.30. The van der Waals surface area contributed by atoms with Crippen LogP contribution in [0.25, 0.3) is 0 Å². The monoisotopic (exact) mass is 343 g/mol. The van der Waals surface area contributed by atoms with Crippen LogP contribution in [0.2, 0.25) is 0 Å². The quantitative estimate of drug-likeness (QED) is 0.796. The summed E-state index contributed by atoms with van der Waals surface area (Å²) >= 11 is 3.31. The second-order valence-corrected chi connectivity index (χ2v) is 5.65. The minimum absolute atomic E-state index is 0.0428. The maximum Gasteiger partial charge on any atom is 0.308 e. The summed E-state index contributed by atoms with van der Waals surface area (Å²) in [7, 11) is 0. The number of carboxylic acids is 1. The van der Waals surface area contributed by atoms with Crippen LogP contribution in [0.4, 0.5) is 0 Å². The van der Waals surface area contributed by atoms with Gasteiger partial charge in [0, 0.05) is 11.0 Å². The van der Waals surface area contributed by atoms with Gasteiger partial charge in [0.15, 0.2) is 6.61 Å². The van der Waals surface area contributed by atoms with E-state index in [2.05, 4.69) is 21.2 Å². The average molecular weight is 344 g/mol. The van der Waals surface area contributed by atoms with Gasteiger partial charge in [0.1, 0.15) is 5.75 Å². The fraction of sp³-hybridized carbons (Fsp3) is 0.429. The van der Waals surface area contributed by atoms with E-state index < -0.39 is 11.9 Å². The number of aliphatic carboxylic acids is 1. The number of carbonyl (C=O) groups is 2. The molecule has 1 rings (SSSR count). The Morgan fingerprint density at radius 3 is 2.65 bits per heavy atom. The summed E-state index contributed by atoms with van der Waals surface area (Å²) in [5, 5.41) is 11.6. The summed E-state index contributed by atoms with van der Waals surface area (Å²) in [6.45, 7) is 3.58. The highest BCUT2D eigenvalue weighted by Gasteiger charge is 2.21. The molecule has 1 unspecified atom stereocenters. The molecule has 0 aliphatic rings. The molecular weight excluding hydrogens is 326 g/mol. The molecule has 20 heavy (non-hydrogen) atoms. The van der Waals surface area contributed by atoms with Crippen LogP contribution >= 0.6 is 15.9 Å². The number of rotatable bonds is 7. The van der Waals surface area contributed by atoms with Crippen molar-refractivity contribution in [1.82, 2.24) is 5.32 Å². The number of amides is 1. The Kier molecular flexibility index (Phi) is 6.51. The van der Waals surface area contributed by atoms with Crippen molar-refractivity contribution in [3.8, 4) is 5.75 Å². The predicted molar refractivity (Wildman–Crippen MR) is 78.6 cm³/mol. The highest BCUT2D eigenvalue weighted by Crippen LogP contribution is 2.17. The Bertz CT molecular complexity index is 476. The van der Waals surface area contributed by atoms with Crippen LogP contribution in [0.3, 0.4) is 0 Å². The summed E-state index contributed by atoms with van der Waals surface area (Å²) < 4.78 is 6.17. The zero-order chi connectivity index (χ0) is 15.1. The van der Waals surface area contributed by atoms with E-state index in [0.717, 1.165) is 4.47 Å². The van der Waals surface area contributed by atoms with Gasteiger partial charge < -0.3 is 15.2 Å². The number of ether oxygens (including phenoxy) is 1. The molecule has 110 valence electrons. The molecule has 0 saturated heterocycles. The second-order valence-electron chi connectivity index (χ2n) is 4.74. The number of halogens is 1. The van der Waals surface area contributed by atoms with Gasteiger partial charge in [-0.2, -0.15) is 0 Å². The highest BCUT2D eigenvalue weighted by molar-refractivity contribution is 9.10. The fourth-order valence-corrected chi connectivity index (χ4v) is 1.97. The summed E-state index contributed by atoms with van der Waals surface area (Å²) in [5.74, 6) is -1.30. The molecule has 0 aliphatic heterocycles. The van der Waals surface area contributed by atoms with E-state index in [4.69, 9.17) is 9.84 Å². The topological polar surface area (TPSA) is 75.6 Å². The maximum absolute atomic E-state index is 11.6. The van der Waals surface area contributed by atoms with E-state index in [1.54, 1.807) is 18.2 Å². The van der Waals surface area contributed by atoms with Crippen molar-refractivity contribution in [2.24, 2.45) is 11.8 Å². The van der Waals surface area contributed by atoms with Gasteiger partial charge in [-0.3, -0.25) is 9.59 Å². The summed E-state index contributed by atoms with van der Waals surface area (Å²) in [6.07, 6.45) is 0. The van der Waals surface area contributed by atoms with Gasteiger partial charge in [0.05, 0.1) is 5.92 Å². The molecule has 1 aromatic carbocycles. The minimum Gasteiger partial charge on any atom is -0.484 e. The van der Waals surface area contributed by atoms with E-state index in [0.29, 0.717) is 5.75 Å². The van der Waals surface area contributed by atoms with Crippen LogP contribution < -0.4 is 10.1 Å². The minimum atomic E-state index is -0.909. The van der Waals surface area contributed by atoms with E-state index in [-0.39, 0.29) is 25.0 Å². The standard InChI is InChI=1S/C14H18BrNO4/c1-9(2)12(14(18)19)7-16-13(17)8-20-11-5-3-4-10(15)6-11/h3-6,9,12H,7-8H2,1-2H3,(H,16,17)(H,18,19). The Labute approximate surface area is 126 Å². The average Bonchev–Trinajstić information content (AvgIpc) is 2.35. The Balaban J connectivity index is 2.39. The molecular formula is C14H18BrNO4. The van der Waals surface area contributed by atoms with Crippen molar-refractivity contribution in [2.75, 3.05) is 13.2 Å². The fourth-order valence-electron chi connectivity index (χ4n) is 1.59. The molecule has 0 bridgehead atoms. The van der Waals surface area contributed by atoms with Gasteiger partial charge in [-0.25, -0.2) is 0 Å². The third-order valence-corrected chi connectivity index (χ3v) is 3.30. The first-order chi connectivity index (χ1) is 9.40. The lowest BCUT2D eigenvalue weighted by molar-refractivity contribution is -0.143. The molecule has 1 aromatic rings. The molecule has 2 N–H and O–H groups in total. The summed E-state index contributed by atoms with van der Waals surface area (Å²) in [4.78, 5) is 22.6. The zero-order valence-corrected chi connectivity index (χ0v) is 13.0.